The molecule has 0 radical (unpaired) electrons. The first-order valence-electron chi connectivity index (χ1n) is 5.12. The maximum Gasteiger partial charge on any atom is 0.322 e. The number of carboxylic acid groups (broad SMARTS) is 1. The van der Waals surface area contributed by atoms with Gasteiger partial charge in [-0.15, -0.1) is 0 Å². The molecule has 1 atom stereocenters. The number of carbonyl (C=O) groups is 2. The number of halogens is 2. The second kappa shape index (κ2) is 6.16. The predicted molar refractivity (Wildman–Crippen MR) is 67.0 cm³/mol. The summed E-state index contributed by atoms with van der Waals surface area (Å²) in [5.41, 5.74) is 4.82. The van der Waals surface area contributed by atoms with Crippen LogP contribution in [0.25, 0.3) is 0 Å². The Labute approximate surface area is 118 Å². The SMILES string of the molecule is NC(=O)CC(NS(=O)(=O)c1ccc(F)c(Cl)c1)C(=O)O. The lowest BCUT2D eigenvalue weighted by Gasteiger charge is -2.13. The number of sulfonamides is 1. The van der Waals surface area contributed by atoms with Crippen molar-refractivity contribution in [3.8, 4) is 0 Å². The van der Waals surface area contributed by atoms with Crippen molar-refractivity contribution in [3.05, 3.63) is 29.0 Å². The topological polar surface area (TPSA) is 127 Å². The number of amides is 1. The number of primary amides is 1. The van der Waals surface area contributed by atoms with Gasteiger partial charge in [-0.05, 0) is 18.2 Å². The number of hydrogen-bond donors (Lipinski definition) is 3. The fourth-order valence-corrected chi connectivity index (χ4v) is 2.74. The number of hydrogen-bond acceptors (Lipinski definition) is 4. The fraction of sp³-hybridized carbons (Fsp3) is 0.200. The van der Waals surface area contributed by atoms with Crippen LogP contribution in [0, 0.1) is 5.82 Å². The molecule has 0 aliphatic heterocycles. The van der Waals surface area contributed by atoms with E-state index in [2.05, 4.69) is 0 Å². The van der Waals surface area contributed by atoms with Gasteiger partial charge in [-0.25, -0.2) is 12.8 Å². The molecule has 4 N–H and O–H groups in total. The van der Waals surface area contributed by atoms with Gasteiger partial charge < -0.3 is 10.8 Å². The van der Waals surface area contributed by atoms with Gasteiger partial charge >= 0.3 is 5.97 Å². The molecule has 0 bridgehead atoms. The van der Waals surface area contributed by atoms with Crippen molar-refractivity contribution in [1.82, 2.24) is 4.72 Å². The Balaban J connectivity index is 3.06. The van der Waals surface area contributed by atoms with Crippen LogP contribution in [0.5, 0.6) is 0 Å². The Hall–Kier alpha value is -1.71. The number of carbonyl (C=O) groups excluding carboxylic acids is 1. The summed E-state index contributed by atoms with van der Waals surface area (Å²) in [5.74, 6) is -3.38. The van der Waals surface area contributed by atoms with E-state index in [-0.39, 0.29) is 0 Å². The second-order valence-corrected chi connectivity index (χ2v) is 5.88. The van der Waals surface area contributed by atoms with Gasteiger partial charge in [-0.2, -0.15) is 4.72 Å². The highest BCUT2D eigenvalue weighted by Gasteiger charge is 2.27. The molecule has 1 aromatic carbocycles. The molecule has 0 saturated carbocycles. The van der Waals surface area contributed by atoms with Crippen molar-refractivity contribution in [1.29, 1.82) is 0 Å². The molecular weight excluding hydrogens is 315 g/mol. The molecule has 110 valence electrons. The molecule has 0 saturated heterocycles. The van der Waals surface area contributed by atoms with Gasteiger partial charge in [0.2, 0.25) is 15.9 Å². The first-order chi connectivity index (χ1) is 9.13. The number of nitrogens with one attached hydrogen (secondary N) is 1. The quantitative estimate of drug-likeness (QED) is 0.683. The molecule has 0 heterocycles. The minimum atomic E-state index is -4.28. The maximum atomic E-state index is 12.9. The Morgan fingerprint density at radius 1 is 1.45 bits per heavy atom. The van der Waals surface area contributed by atoms with E-state index in [1.807, 2.05) is 0 Å². The normalized spacial score (nSPS) is 12.9. The summed E-state index contributed by atoms with van der Waals surface area (Å²) in [4.78, 5) is 21.1. The molecule has 1 unspecified atom stereocenters. The molecule has 10 heteroatoms. The monoisotopic (exact) mass is 324 g/mol. The number of aliphatic carboxylic acids is 1. The standard InChI is InChI=1S/C10H10ClFN2O5S/c11-6-3-5(1-2-7(6)12)20(18,19)14-8(10(16)17)4-9(13)15/h1-3,8,14H,4H2,(H2,13,15)(H,16,17). The lowest BCUT2D eigenvalue weighted by Crippen LogP contribution is -2.43. The summed E-state index contributed by atoms with van der Waals surface area (Å²) in [6, 6.07) is 0.830. The van der Waals surface area contributed by atoms with E-state index < -0.39 is 50.1 Å². The van der Waals surface area contributed by atoms with E-state index in [1.54, 1.807) is 4.72 Å². The first-order valence-corrected chi connectivity index (χ1v) is 6.98. The average molecular weight is 325 g/mol. The van der Waals surface area contributed by atoms with Crippen LogP contribution in [0.4, 0.5) is 4.39 Å². The fourth-order valence-electron chi connectivity index (χ4n) is 1.28. The van der Waals surface area contributed by atoms with Crippen LogP contribution in [0.15, 0.2) is 23.1 Å². The Kier molecular flexibility index (Phi) is 5.03. The highest BCUT2D eigenvalue weighted by Crippen LogP contribution is 2.19. The summed E-state index contributed by atoms with van der Waals surface area (Å²) in [6.45, 7) is 0. The molecule has 1 amide bonds. The predicted octanol–water partition coefficient (Wildman–Crippen LogP) is 0.0860. The number of carboxylic acids is 1. The Bertz CT molecular complexity index is 649. The van der Waals surface area contributed by atoms with Crippen molar-refractivity contribution >= 4 is 33.5 Å². The van der Waals surface area contributed by atoms with E-state index in [0.29, 0.717) is 0 Å². The van der Waals surface area contributed by atoms with Gasteiger partial charge in [0, 0.05) is 0 Å². The summed E-state index contributed by atoms with van der Waals surface area (Å²) < 4.78 is 38.5. The molecule has 0 aliphatic carbocycles. The van der Waals surface area contributed by atoms with Gasteiger partial charge in [0.15, 0.2) is 0 Å². The zero-order chi connectivity index (χ0) is 15.5. The summed E-state index contributed by atoms with van der Waals surface area (Å²) in [6.07, 6.45) is -0.719. The molecule has 20 heavy (non-hydrogen) atoms. The summed E-state index contributed by atoms with van der Waals surface area (Å²) in [7, 11) is -4.28. The molecule has 7 nitrogen and oxygen atoms in total. The van der Waals surface area contributed by atoms with Crippen LogP contribution in [0.3, 0.4) is 0 Å². The molecular formula is C10H10ClFN2O5S. The van der Waals surface area contributed by atoms with Gasteiger partial charge in [-0.3, -0.25) is 9.59 Å². The molecule has 1 aromatic rings. The van der Waals surface area contributed by atoms with Crippen LogP contribution in [0.2, 0.25) is 5.02 Å². The third-order valence-corrected chi connectivity index (χ3v) is 3.96. The van der Waals surface area contributed by atoms with E-state index in [0.717, 1.165) is 18.2 Å². The largest absolute Gasteiger partial charge is 0.480 e. The molecule has 1 rings (SSSR count). The number of nitrogens with two attached hydrogens (primary N) is 1. The highest BCUT2D eigenvalue weighted by atomic mass is 35.5. The van der Waals surface area contributed by atoms with E-state index >= 15 is 0 Å². The zero-order valence-electron chi connectivity index (χ0n) is 9.84. The Morgan fingerprint density at radius 3 is 2.50 bits per heavy atom. The van der Waals surface area contributed by atoms with Crippen molar-refractivity contribution in [2.75, 3.05) is 0 Å². The average Bonchev–Trinajstić information content (AvgIpc) is 2.30. The van der Waals surface area contributed by atoms with Gasteiger partial charge in [0.25, 0.3) is 0 Å². The lowest BCUT2D eigenvalue weighted by molar-refractivity contribution is -0.140. The van der Waals surface area contributed by atoms with Crippen LogP contribution >= 0.6 is 11.6 Å². The third-order valence-electron chi connectivity index (χ3n) is 2.20. The number of benzene rings is 1. The lowest BCUT2D eigenvalue weighted by atomic mass is 10.2. The van der Waals surface area contributed by atoms with Crippen molar-refractivity contribution < 1.29 is 27.5 Å². The van der Waals surface area contributed by atoms with Gasteiger partial charge in [0.1, 0.15) is 11.9 Å². The van der Waals surface area contributed by atoms with Gasteiger partial charge in [0.05, 0.1) is 16.3 Å². The maximum absolute atomic E-state index is 12.9. The minimum absolute atomic E-state index is 0.431. The van der Waals surface area contributed by atoms with E-state index in [4.69, 9.17) is 22.4 Å². The third kappa shape index (κ3) is 4.15. The van der Waals surface area contributed by atoms with Crippen molar-refractivity contribution in [2.24, 2.45) is 5.73 Å². The molecule has 0 spiro atoms. The van der Waals surface area contributed by atoms with E-state index in [1.165, 1.54) is 0 Å². The van der Waals surface area contributed by atoms with E-state index in [9.17, 15) is 22.4 Å². The summed E-state index contributed by atoms with van der Waals surface area (Å²) >= 11 is 5.45. The van der Waals surface area contributed by atoms with Crippen LogP contribution in [-0.2, 0) is 19.6 Å². The highest BCUT2D eigenvalue weighted by molar-refractivity contribution is 7.89. The van der Waals surface area contributed by atoms with Crippen molar-refractivity contribution in [2.45, 2.75) is 17.4 Å². The molecule has 0 fully saturated rings. The molecule has 0 aromatic heterocycles. The van der Waals surface area contributed by atoms with Crippen molar-refractivity contribution in [3.63, 3.8) is 0 Å². The van der Waals surface area contributed by atoms with Crippen LogP contribution in [0.1, 0.15) is 6.42 Å². The minimum Gasteiger partial charge on any atom is -0.480 e. The van der Waals surface area contributed by atoms with Crippen LogP contribution in [-0.4, -0.2) is 31.4 Å². The zero-order valence-corrected chi connectivity index (χ0v) is 11.4. The second-order valence-electron chi connectivity index (χ2n) is 3.76. The summed E-state index contributed by atoms with van der Waals surface area (Å²) in [5, 5.41) is 8.37. The van der Waals surface area contributed by atoms with Gasteiger partial charge in [-0.1, -0.05) is 11.6 Å². The van der Waals surface area contributed by atoms with Crippen LogP contribution < -0.4 is 10.5 Å². The number of rotatable bonds is 6. The first kappa shape index (κ1) is 16.3. The smallest absolute Gasteiger partial charge is 0.322 e. The molecule has 0 aliphatic rings. The Morgan fingerprint density at radius 2 is 2.05 bits per heavy atom.